The van der Waals surface area contributed by atoms with Gasteiger partial charge in [-0.25, -0.2) is 9.97 Å². The van der Waals surface area contributed by atoms with Crippen molar-refractivity contribution in [2.75, 3.05) is 11.9 Å². The van der Waals surface area contributed by atoms with Crippen LogP contribution < -0.4 is 10.6 Å². The number of rotatable bonds is 4. The summed E-state index contributed by atoms with van der Waals surface area (Å²) in [6.45, 7) is 5.36. The SMILES string of the molecule is CCn1cc(-c2nc3c4cccc(C#N)c4nc(N[C@@H]4CCCCNC4=O)n3n2)c(C)n1. The van der Waals surface area contributed by atoms with Gasteiger partial charge in [-0.1, -0.05) is 6.07 Å². The predicted molar refractivity (Wildman–Crippen MR) is 119 cm³/mol. The fourth-order valence-electron chi connectivity index (χ4n) is 4.06. The molecule has 1 aliphatic heterocycles. The van der Waals surface area contributed by atoms with Gasteiger partial charge in [-0.3, -0.25) is 9.48 Å². The van der Waals surface area contributed by atoms with Crippen LogP contribution >= 0.6 is 0 Å². The van der Waals surface area contributed by atoms with Gasteiger partial charge in [0.05, 0.1) is 22.3 Å². The normalized spacial score (nSPS) is 16.7. The first-order valence-electron chi connectivity index (χ1n) is 10.8. The second-order valence-corrected chi connectivity index (χ2v) is 7.89. The van der Waals surface area contributed by atoms with Gasteiger partial charge in [0.15, 0.2) is 11.5 Å². The van der Waals surface area contributed by atoms with Crippen LogP contribution in [0, 0.1) is 18.3 Å². The number of nitrogens with one attached hydrogen (secondary N) is 2. The molecule has 0 spiro atoms. The quantitative estimate of drug-likeness (QED) is 0.510. The number of benzene rings is 1. The molecule has 4 heterocycles. The molecule has 32 heavy (non-hydrogen) atoms. The number of hydrogen-bond donors (Lipinski definition) is 2. The first-order chi connectivity index (χ1) is 15.6. The molecule has 1 fully saturated rings. The fraction of sp³-hybridized carbons (Fsp3) is 0.364. The summed E-state index contributed by atoms with van der Waals surface area (Å²) in [4.78, 5) is 22.0. The first kappa shape index (κ1) is 19.9. The summed E-state index contributed by atoms with van der Waals surface area (Å²) >= 11 is 0. The second kappa shape index (κ2) is 7.92. The van der Waals surface area contributed by atoms with E-state index in [9.17, 15) is 10.1 Å². The number of fused-ring (bicyclic) bond motifs is 3. The topological polar surface area (TPSA) is 126 Å². The highest BCUT2D eigenvalue weighted by Crippen LogP contribution is 2.27. The van der Waals surface area contributed by atoms with Crippen LogP contribution in [0.4, 0.5) is 5.95 Å². The van der Waals surface area contributed by atoms with Crippen molar-refractivity contribution >= 4 is 28.4 Å². The van der Waals surface area contributed by atoms with Crippen LogP contribution in [0.15, 0.2) is 24.4 Å². The average molecular weight is 429 g/mol. The Kier molecular flexibility index (Phi) is 4.93. The predicted octanol–water partition coefficient (Wildman–Crippen LogP) is 2.42. The van der Waals surface area contributed by atoms with Crippen molar-refractivity contribution in [2.24, 2.45) is 0 Å². The van der Waals surface area contributed by atoms with E-state index in [-0.39, 0.29) is 5.91 Å². The van der Waals surface area contributed by atoms with E-state index in [4.69, 9.17) is 15.1 Å². The molecule has 2 N–H and O–H groups in total. The van der Waals surface area contributed by atoms with Crippen molar-refractivity contribution in [3.63, 3.8) is 0 Å². The summed E-state index contributed by atoms with van der Waals surface area (Å²) in [7, 11) is 0. The lowest BCUT2D eigenvalue weighted by atomic mass is 10.1. The lowest BCUT2D eigenvalue weighted by Gasteiger charge is -2.16. The van der Waals surface area contributed by atoms with E-state index in [2.05, 4.69) is 21.8 Å². The van der Waals surface area contributed by atoms with E-state index in [0.717, 1.165) is 36.0 Å². The van der Waals surface area contributed by atoms with Gasteiger partial charge in [0.25, 0.3) is 0 Å². The van der Waals surface area contributed by atoms with Gasteiger partial charge >= 0.3 is 0 Å². The van der Waals surface area contributed by atoms with Crippen molar-refractivity contribution < 1.29 is 4.79 Å². The van der Waals surface area contributed by atoms with Gasteiger partial charge in [0.2, 0.25) is 11.9 Å². The van der Waals surface area contributed by atoms with E-state index >= 15 is 0 Å². The van der Waals surface area contributed by atoms with Crippen molar-refractivity contribution in [3.8, 4) is 17.5 Å². The van der Waals surface area contributed by atoms with Gasteiger partial charge < -0.3 is 10.6 Å². The average Bonchev–Trinajstić information content (AvgIpc) is 3.35. The van der Waals surface area contributed by atoms with E-state index in [1.807, 2.05) is 36.9 Å². The number of carbonyl (C=O) groups is 1. The zero-order valence-corrected chi connectivity index (χ0v) is 18.0. The number of aromatic nitrogens is 6. The molecule has 10 heteroatoms. The van der Waals surface area contributed by atoms with E-state index in [1.165, 1.54) is 0 Å². The molecule has 5 rings (SSSR count). The Labute approximate surface area is 184 Å². The van der Waals surface area contributed by atoms with E-state index < -0.39 is 6.04 Å². The molecular weight excluding hydrogens is 406 g/mol. The van der Waals surface area contributed by atoms with Crippen molar-refractivity contribution in [1.82, 2.24) is 34.7 Å². The Morgan fingerprint density at radius 2 is 2.16 bits per heavy atom. The van der Waals surface area contributed by atoms with Gasteiger partial charge in [-0.15, -0.1) is 5.10 Å². The van der Waals surface area contributed by atoms with Crippen LogP contribution in [0.5, 0.6) is 0 Å². The monoisotopic (exact) mass is 429 g/mol. The van der Waals surface area contributed by atoms with Crippen LogP contribution in [0.1, 0.15) is 37.4 Å². The minimum absolute atomic E-state index is 0.0634. The standard InChI is InChI=1S/C22H23N9O/c1-3-30-12-16(13(2)28-30)19-27-20-15-8-6-7-14(11-23)18(15)26-22(31(20)29-19)25-17-9-4-5-10-24-21(17)32/h6-8,12,17H,3-5,9-10H2,1-2H3,(H,24,32)(H,25,26)/t17-/m1/s1. The molecule has 1 aromatic carbocycles. The smallest absolute Gasteiger partial charge is 0.242 e. The molecule has 1 amide bonds. The number of nitrogens with zero attached hydrogens (tertiary/aromatic N) is 7. The minimum Gasteiger partial charge on any atom is -0.354 e. The molecule has 0 saturated carbocycles. The first-order valence-corrected chi connectivity index (χ1v) is 10.8. The van der Waals surface area contributed by atoms with Crippen LogP contribution in [0.2, 0.25) is 0 Å². The Balaban J connectivity index is 1.72. The molecule has 0 radical (unpaired) electrons. The third-order valence-corrected chi connectivity index (χ3v) is 5.77. The number of para-hydroxylation sites is 1. The Bertz CT molecular complexity index is 1380. The van der Waals surface area contributed by atoms with Gasteiger partial charge in [0.1, 0.15) is 12.1 Å². The largest absolute Gasteiger partial charge is 0.354 e. The molecule has 1 atom stereocenters. The van der Waals surface area contributed by atoms with Crippen LogP contribution in [-0.2, 0) is 11.3 Å². The van der Waals surface area contributed by atoms with Crippen molar-refractivity contribution in [1.29, 1.82) is 5.26 Å². The highest BCUT2D eigenvalue weighted by atomic mass is 16.2. The van der Waals surface area contributed by atoms with Crippen molar-refractivity contribution in [2.45, 2.75) is 45.7 Å². The van der Waals surface area contributed by atoms with Gasteiger partial charge in [-0.05, 0) is 45.2 Å². The zero-order valence-electron chi connectivity index (χ0n) is 18.0. The second-order valence-electron chi connectivity index (χ2n) is 7.89. The Hall–Kier alpha value is -4.00. The third-order valence-electron chi connectivity index (χ3n) is 5.77. The molecular formula is C22H23N9O. The maximum Gasteiger partial charge on any atom is 0.242 e. The molecule has 0 aliphatic carbocycles. The van der Waals surface area contributed by atoms with Crippen LogP contribution in [0.3, 0.4) is 0 Å². The fourth-order valence-corrected chi connectivity index (χ4v) is 4.06. The summed E-state index contributed by atoms with van der Waals surface area (Å²) < 4.78 is 3.47. The lowest BCUT2D eigenvalue weighted by Crippen LogP contribution is -2.38. The van der Waals surface area contributed by atoms with Crippen molar-refractivity contribution in [3.05, 3.63) is 35.7 Å². The number of carbonyl (C=O) groups excluding carboxylic acids is 1. The number of hydrogen-bond acceptors (Lipinski definition) is 7. The van der Waals surface area contributed by atoms with E-state index in [0.29, 0.717) is 41.5 Å². The summed E-state index contributed by atoms with van der Waals surface area (Å²) in [5.41, 5.74) is 3.20. The van der Waals surface area contributed by atoms with Crippen LogP contribution in [-0.4, -0.2) is 47.9 Å². The molecule has 162 valence electrons. The summed E-state index contributed by atoms with van der Waals surface area (Å²) in [6, 6.07) is 7.18. The molecule has 1 aliphatic rings. The number of aryl methyl sites for hydroxylation is 2. The molecule has 0 bridgehead atoms. The maximum atomic E-state index is 12.5. The van der Waals surface area contributed by atoms with Gasteiger partial charge in [-0.2, -0.15) is 14.9 Å². The Morgan fingerprint density at radius 1 is 1.28 bits per heavy atom. The highest BCUT2D eigenvalue weighted by Gasteiger charge is 2.24. The van der Waals surface area contributed by atoms with E-state index in [1.54, 1.807) is 10.6 Å². The molecule has 4 aromatic rings. The number of anilines is 1. The third kappa shape index (κ3) is 3.32. The lowest BCUT2D eigenvalue weighted by molar-refractivity contribution is -0.121. The zero-order chi connectivity index (χ0) is 22.2. The Morgan fingerprint density at radius 3 is 2.94 bits per heavy atom. The number of nitriles is 1. The minimum atomic E-state index is -0.433. The molecule has 3 aromatic heterocycles. The number of amides is 1. The summed E-state index contributed by atoms with van der Waals surface area (Å²) in [5.74, 6) is 0.843. The molecule has 1 saturated heterocycles. The molecule has 0 unspecified atom stereocenters. The molecule has 10 nitrogen and oxygen atoms in total. The summed E-state index contributed by atoms with van der Waals surface area (Å²) in [5, 5.41) is 25.8. The highest BCUT2D eigenvalue weighted by molar-refractivity contribution is 5.96. The summed E-state index contributed by atoms with van der Waals surface area (Å²) in [6.07, 6.45) is 4.48. The van der Waals surface area contributed by atoms with Gasteiger partial charge in [0, 0.05) is 24.7 Å². The maximum absolute atomic E-state index is 12.5. The van der Waals surface area contributed by atoms with Crippen LogP contribution in [0.25, 0.3) is 27.9 Å².